The van der Waals surface area contributed by atoms with Crippen LogP contribution in [0.25, 0.3) is 0 Å². The maximum absolute atomic E-state index is 12.5. The highest BCUT2D eigenvalue weighted by atomic mass is 35.5. The minimum Gasteiger partial charge on any atom is -0.466 e. The number of nitrogens with one attached hydrogen (secondary N) is 1. The summed E-state index contributed by atoms with van der Waals surface area (Å²) in [6, 6.07) is 5.33. The third-order valence-corrected chi connectivity index (χ3v) is 5.01. The highest BCUT2D eigenvalue weighted by molar-refractivity contribution is 8.00. The molecule has 1 N–H and O–H groups in total. The van der Waals surface area contributed by atoms with Crippen molar-refractivity contribution in [3.05, 3.63) is 34.6 Å². The molecule has 26 heavy (non-hydrogen) atoms. The molecule has 0 saturated carbocycles. The number of nitrogens with zero attached hydrogens (tertiary/aromatic N) is 3. The van der Waals surface area contributed by atoms with E-state index in [9.17, 15) is 9.59 Å². The second-order valence-corrected chi connectivity index (χ2v) is 7.39. The van der Waals surface area contributed by atoms with Gasteiger partial charge in [-0.2, -0.15) is 0 Å². The number of amides is 1. The summed E-state index contributed by atoms with van der Waals surface area (Å²) < 4.78 is 6.61. The molecule has 1 amide bonds. The van der Waals surface area contributed by atoms with E-state index in [0.717, 1.165) is 5.56 Å². The van der Waals surface area contributed by atoms with Crippen LogP contribution in [0.2, 0.25) is 5.02 Å². The predicted octanol–water partition coefficient (Wildman–Crippen LogP) is 3.00. The molecule has 0 aliphatic carbocycles. The summed E-state index contributed by atoms with van der Waals surface area (Å²) in [6.07, 6.45) is 0.0419. The van der Waals surface area contributed by atoms with Gasteiger partial charge < -0.3 is 14.6 Å². The number of benzene rings is 1. The van der Waals surface area contributed by atoms with Crippen molar-refractivity contribution in [3.8, 4) is 0 Å². The molecule has 0 spiro atoms. The smallest absolute Gasteiger partial charge is 0.313 e. The summed E-state index contributed by atoms with van der Waals surface area (Å²) in [5.41, 5.74) is 1.60. The van der Waals surface area contributed by atoms with E-state index in [1.165, 1.54) is 11.8 Å². The van der Waals surface area contributed by atoms with Gasteiger partial charge in [-0.1, -0.05) is 29.4 Å². The zero-order valence-corrected chi connectivity index (χ0v) is 16.6. The van der Waals surface area contributed by atoms with Gasteiger partial charge in [0.05, 0.1) is 11.9 Å². The third-order valence-electron chi connectivity index (χ3n) is 3.64. The van der Waals surface area contributed by atoms with Crippen LogP contribution in [0.15, 0.2) is 23.4 Å². The number of carbonyl (C=O) groups is 2. The standard InChI is InChI=1S/C17H21ClN4O3S/c1-5-25-15(23)9-14-20-21-17(22(14)4)26-11(3)16(24)19-13-8-12(18)7-6-10(13)2/h6-8,11H,5,9H2,1-4H3,(H,19,24)/t11-/m0/s1. The Labute approximate surface area is 161 Å². The summed E-state index contributed by atoms with van der Waals surface area (Å²) in [7, 11) is 1.75. The van der Waals surface area contributed by atoms with Crippen molar-refractivity contribution in [3.63, 3.8) is 0 Å². The lowest BCUT2D eigenvalue weighted by Crippen LogP contribution is -2.23. The lowest BCUT2D eigenvalue weighted by Gasteiger charge is -2.13. The Kier molecular flexibility index (Phi) is 7.05. The predicted molar refractivity (Wildman–Crippen MR) is 101 cm³/mol. The van der Waals surface area contributed by atoms with Gasteiger partial charge in [0.1, 0.15) is 12.2 Å². The van der Waals surface area contributed by atoms with Crippen LogP contribution >= 0.6 is 23.4 Å². The number of esters is 1. The van der Waals surface area contributed by atoms with Crippen molar-refractivity contribution in [2.75, 3.05) is 11.9 Å². The van der Waals surface area contributed by atoms with Crippen molar-refractivity contribution in [1.29, 1.82) is 0 Å². The van der Waals surface area contributed by atoms with Gasteiger partial charge in [-0.05, 0) is 38.5 Å². The molecule has 1 aromatic carbocycles. The van der Waals surface area contributed by atoms with Crippen LogP contribution in [0, 0.1) is 6.92 Å². The van der Waals surface area contributed by atoms with Gasteiger partial charge in [-0.15, -0.1) is 10.2 Å². The Morgan fingerprint density at radius 2 is 2.12 bits per heavy atom. The van der Waals surface area contributed by atoms with Gasteiger partial charge in [0, 0.05) is 17.8 Å². The molecule has 7 nitrogen and oxygen atoms in total. The zero-order chi connectivity index (χ0) is 19.3. The van der Waals surface area contributed by atoms with E-state index in [-0.39, 0.29) is 18.3 Å². The first-order chi connectivity index (χ1) is 12.3. The molecule has 0 bridgehead atoms. The van der Waals surface area contributed by atoms with Crippen LogP contribution < -0.4 is 5.32 Å². The number of thioether (sulfide) groups is 1. The van der Waals surface area contributed by atoms with Crippen LogP contribution in [-0.2, 0) is 27.8 Å². The summed E-state index contributed by atoms with van der Waals surface area (Å²) in [5.74, 6) is -0.0404. The number of halogens is 1. The number of carbonyl (C=O) groups excluding carboxylic acids is 2. The Hall–Kier alpha value is -2.06. The maximum Gasteiger partial charge on any atom is 0.313 e. The van der Waals surface area contributed by atoms with Gasteiger partial charge in [-0.25, -0.2) is 0 Å². The molecule has 0 radical (unpaired) electrons. The molecule has 140 valence electrons. The molecule has 1 heterocycles. The van der Waals surface area contributed by atoms with E-state index in [1.807, 2.05) is 13.0 Å². The number of anilines is 1. The van der Waals surface area contributed by atoms with Gasteiger partial charge in [0.15, 0.2) is 5.16 Å². The van der Waals surface area contributed by atoms with Crippen LogP contribution in [0.4, 0.5) is 5.69 Å². The lowest BCUT2D eigenvalue weighted by molar-refractivity contribution is -0.142. The average molecular weight is 397 g/mol. The lowest BCUT2D eigenvalue weighted by atomic mass is 10.2. The molecule has 0 fully saturated rings. The number of aromatic nitrogens is 3. The van der Waals surface area contributed by atoms with Gasteiger partial charge >= 0.3 is 5.97 Å². The molecule has 2 aromatic rings. The van der Waals surface area contributed by atoms with E-state index >= 15 is 0 Å². The molecule has 0 aliphatic rings. The Bertz CT molecular complexity index is 809. The second kappa shape index (κ2) is 9.05. The first-order valence-electron chi connectivity index (χ1n) is 8.09. The van der Waals surface area contributed by atoms with E-state index in [2.05, 4.69) is 15.5 Å². The van der Waals surface area contributed by atoms with Crippen LogP contribution in [0.1, 0.15) is 25.2 Å². The molecule has 0 saturated heterocycles. The zero-order valence-electron chi connectivity index (χ0n) is 15.1. The van der Waals surface area contributed by atoms with E-state index in [0.29, 0.717) is 28.3 Å². The molecule has 0 aliphatic heterocycles. The number of ether oxygens (including phenoxy) is 1. The van der Waals surface area contributed by atoms with Crippen molar-refractivity contribution in [2.45, 2.75) is 37.6 Å². The van der Waals surface area contributed by atoms with Gasteiger partial charge in [0.2, 0.25) is 5.91 Å². The fourth-order valence-electron chi connectivity index (χ4n) is 2.12. The largest absolute Gasteiger partial charge is 0.466 e. The molecule has 0 unspecified atom stereocenters. The number of aryl methyl sites for hydroxylation is 1. The minimum atomic E-state index is -0.410. The second-order valence-electron chi connectivity index (χ2n) is 5.65. The maximum atomic E-state index is 12.5. The highest BCUT2D eigenvalue weighted by Gasteiger charge is 2.20. The van der Waals surface area contributed by atoms with Crippen molar-refractivity contribution < 1.29 is 14.3 Å². The molecule has 2 rings (SSSR count). The SMILES string of the molecule is CCOC(=O)Cc1nnc(S[C@@H](C)C(=O)Nc2cc(Cl)ccc2C)n1C. The monoisotopic (exact) mass is 396 g/mol. The minimum absolute atomic E-state index is 0.0419. The topological polar surface area (TPSA) is 86.1 Å². The van der Waals surface area contributed by atoms with E-state index in [4.69, 9.17) is 16.3 Å². The van der Waals surface area contributed by atoms with E-state index < -0.39 is 5.25 Å². The summed E-state index contributed by atoms with van der Waals surface area (Å²) in [5, 5.41) is 11.6. The third kappa shape index (κ3) is 5.22. The van der Waals surface area contributed by atoms with Crippen molar-refractivity contribution in [2.24, 2.45) is 7.05 Å². The van der Waals surface area contributed by atoms with Crippen molar-refractivity contribution >= 4 is 40.9 Å². The molecular formula is C17H21ClN4O3S. The Morgan fingerprint density at radius 3 is 2.81 bits per heavy atom. The van der Waals surface area contributed by atoms with Crippen LogP contribution in [0.5, 0.6) is 0 Å². The first kappa shape index (κ1) is 20.3. The van der Waals surface area contributed by atoms with E-state index in [1.54, 1.807) is 37.6 Å². The molecule has 1 aromatic heterocycles. The number of hydrogen-bond donors (Lipinski definition) is 1. The molecular weight excluding hydrogens is 376 g/mol. The normalized spacial score (nSPS) is 11.9. The number of hydrogen-bond acceptors (Lipinski definition) is 6. The fraction of sp³-hybridized carbons (Fsp3) is 0.412. The van der Waals surface area contributed by atoms with Crippen LogP contribution in [0.3, 0.4) is 0 Å². The Balaban J connectivity index is 2.01. The van der Waals surface area contributed by atoms with Crippen molar-refractivity contribution in [1.82, 2.24) is 14.8 Å². The molecule has 1 atom stereocenters. The van der Waals surface area contributed by atoms with Gasteiger partial charge in [0.25, 0.3) is 0 Å². The summed E-state index contributed by atoms with van der Waals surface area (Å²) in [6.45, 7) is 5.74. The average Bonchev–Trinajstić information content (AvgIpc) is 2.91. The fourth-order valence-corrected chi connectivity index (χ4v) is 3.12. The molecule has 9 heteroatoms. The number of rotatable bonds is 7. The highest BCUT2D eigenvalue weighted by Crippen LogP contribution is 2.25. The van der Waals surface area contributed by atoms with Crippen LogP contribution in [-0.4, -0.2) is 38.5 Å². The summed E-state index contributed by atoms with van der Waals surface area (Å²) in [4.78, 5) is 24.0. The summed E-state index contributed by atoms with van der Waals surface area (Å²) >= 11 is 7.24. The quantitative estimate of drug-likeness (QED) is 0.572. The first-order valence-corrected chi connectivity index (χ1v) is 9.35. The van der Waals surface area contributed by atoms with Gasteiger partial charge in [-0.3, -0.25) is 9.59 Å². The Morgan fingerprint density at radius 1 is 1.38 bits per heavy atom.